The topological polar surface area (TPSA) is 522 Å². The summed E-state index contributed by atoms with van der Waals surface area (Å²) in [4.78, 5) is 0. The van der Waals surface area contributed by atoms with E-state index in [0.29, 0.717) is 0 Å². The van der Waals surface area contributed by atoms with Crippen LogP contribution in [-0.2, 0) is 72.8 Å². The maximum atomic E-state index is 8.74. The normalized spacial score (nSPS) is 11.6. The van der Waals surface area contributed by atoms with Crippen LogP contribution in [0.2, 0.25) is 0 Å². The summed E-state index contributed by atoms with van der Waals surface area (Å²) in [7, 11) is -32.7. The van der Waals surface area contributed by atoms with Gasteiger partial charge in [0, 0.05) is 0 Å². The molecule has 0 radical (unpaired) electrons. The lowest BCUT2D eigenvalue weighted by atomic mass is 15.8. The quantitative estimate of drug-likeness (QED) is 0.107. The van der Waals surface area contributed by atoms with Crippen LogP contribution in [0.15, 0.2) is 0 Å². The Labute approximate surface area is 195 Å². The third kappa shape index (κ3) is 38600. The summed E-state index contributed by atoms with van der Waals surface area (Å²) in [6.07, 6.45) is 0. The minimum absolute atomic E-state index is 4.67. The van der Waals surface area contributed by atoms with Crippen LogP contribution in [0.1, 0.15) is 0 Å². The van der Waals surface area contributed by atoms with Crippen LogP contribution in [-0.4, -0.2) is 123 Å². The van der Waals surface area contributed by atoms with E-state index in [1.807, 2.05) is 0 Å². The van der Waals surface area contributed by atoms with Crippen LogP contribution >= 0.6 is 0 Å². The highest BCUT2D eigenvalue weighted by molar-refractivity contribution is 7.81. The Kier molecular flexibility index (Phi) is 29.3. The number of rotatable bonds is 0. The molecule has 0 rings (SSSR count). The Balaban J connectivity index is -0.0000000523. The predicted octanol–water partition coefficient (Wildman–Crippen LogP) is -4.57. The van der Waals surface area contributed by atoms with Gasteiger partial charge in [-0.05, 0) is 0 Å². The first-order valence-electron chi connectivity index (χ1n) is 4.89. The molecule has 0 atom stereocenters. The molecule has 0 unspecified atom stereocenters. The van der Waals surface area contributed by atoms with Gasteiger partial charge < -0.3 is 0 Å². The first-order chi connectivity index (χ1) is 14.0. The fourth-order valence-corrected chi connectivity index (χ4v) is 0. The Morgan fingerprint density at radius 2 is 0.171 bits per heavy atom. The third-order valence-corrected chi connectivity index (χ3v) is 0. The molecule has 224 valence electrons. The van der Waals surface area contributed by atoms with Gasteiger partial charge in [-0.15, -0.1) is 0 Å². The first kappa shape index (κ1) is 50.9. The van der Waals surface area contributed by atoms with E-state index in [1.54, 1.807) is 0 Å². The molecule has 0 aliphatic heterocycles. The van der Waals surface area contributed by atoms with Crippen molar-refractivity contribution in [1.29, 1.82) is 0 Å². The van der Waals surface area contributed by atoms with Crippen LogP contribution in [0.5, 0.6) is 0 Å². The Morgan fingerprint density at radius 3 is 0.171 bits per heavy atom. The zero-order valence-corrected chi connectivity index (χ0v) is 20.5. The molecular formula is H14O28S7. The molecule has 0 aliphatic rings. The Hall–Kier alpha value is -0.910. The van der Waals surface area contributed by atoms with Gasteiger partial charge in [0.2, 0.25) is 0 Å². The van der Waals surface area contributed by atoms with E-state index in [1.165, 1.54) is 0 Å². The highest BCUT2D eigenvalue weighted by atomic mass is 32.3. The molecule has 0 bridgehead atoms. The average molecular weight is 687 g/mol. The Morgan fingerprint density at radius 1 is 0.171 bits per heavy atom. The van der Waals surface area contributed by atoms with E-state index in [9.17, 15) is 0 Å². The molecule has 0 saturated carbocycles. The molecule has 0 amide bonds. The monoisotopic (exact) mass is 686 g/mol. The van der Waals surface area contributed by atoms with Crippen LogP contribution in [0.25, 0.3) is 0 Å². The zero-order chi connectivity index (χ0) is 31.5. The van der Waals surface area contributed by atoms with Crippen molar-refractivity contribution in [3.05, 3.63) is 0 Å². The van der Waals surface area contributed by atoms with Gasteiger partial charge in [-0.25, -0.2) is 0 Å². The van der Waals surface area contributed by atoms with Crippen molar-refractivity contribution in [3.8, 4) is 0 Å². The van der Waals surface area contributed by atoms with E-state index >= 15 is 0 Å². The van der Waals surface area contributed by atoms with E-state index in [2.05, 4.69) is 0 Å². The highest BCUT2D eigenvalue weighted by Gasteiger charge is 1.87. The van der Waals surface area contributed by atoms with Gasteiger partial charge in [-0.1, -0.05) is 0 Å². The summed E-state index contributed by atoms with van der Waals surface area (Å²) in [5, 5.41) is 0. The summed E-state index contributed by atoms with van der Waals surface area (Å²) in [6.45, 7) is 0. The molecule has 35 heteroatoms. The van der Waals surface area contributed by atoms with E-state index in [0.717, 1.165) is 0 Å². The molecule has 0 spiro atoms. The van der Waals surface area contributed by atoms with Gasteiger partial charge in [0.05, 0.1) is 0 Å². The summed E-state index contributed by atoms with van der Waals surface area (Å²) in [6, 6.07) is 0. The highest BCUT2D eigenvalue weighted by Crippen LogP contribution is 1.61. The lowest BCUT2D eigenvalue weighted by Crippen LogP contribution is -1.89. The summed E-state index contributed by atoms with van der Waals surface area (Å²) in [5.74, 6) is 0. The van der Waals surface area contributed by atoms with Crippen molar-refractivity contribution in [2.45, 2.75) is 0 Å². The first-order valence-corrected chi connectivity index (χ1v) is 14.7. The fourth-order valence-electron chi connectivity index (χ4n) is 0. The van der Waals surface area contributed by atoms with Crippen molar-refractivity contribution < 1.29 is 123 Å². The Bertz CT molecular complexity index is 902. The molecule has 0 aromatic carbocycles. The third-order valence-electron chi connectivity index (χ3n) is 0. The molecule has 0 saturated heterocycles. The van der Waals surface area contributed by atoms with Crippen LogP contribution in [0.3, 0.4) is 0 Å². The van der Waals surface area contributed by atoms with Crippen molar-refractivity contribution >= 4 is 72.8 Å². The molecule has 28 nitrogen and oxygen atoms in total. The second-order valence-corrected chi connectivity index (χ2v) is 9.40. The summed E-state index contributed by atoms with van der Waals surface area (Å²) in [5.41, 5.74) is 0. The molecule has 0 heterocycles. The number of hydrogen-bond acceptors (Lipinski definition) is 14. The van der Waals surface area contributed by atoms with Crippen molar-refractivity contribution in [2.24, 2.45) is 0 Å². The summed E-state index contributed by atoms with van der Waals surface area (Å²) >= 11 is 0. The molecule has 0 fully saturated rings. The van der Waals surface area contributed by atoms with Gasteiger partial charge in [0.15, 0.2) is 0 Å². The average Bonchev–Trinajstić information content (AvgIpc) is 2.06. The van der Waals surface area contributed by atoms with Crippen molar-refractivity contribution in [1.82, 2.24) is 0 Å². The van der Waals surface area contributed by atoms with Gasteiger partial charge >= 0.3 is 72.8 Å². The summed E-state index contributed by atoms with van der Waals surface area (Å²) < 4.78 is 221. The van der Waals surface area contributed by atoms with Crippen LogP contribution in [0.4, 0.5) is 0 Å². The molecule has 0 aliphatic carbocycles. The van der Waals surface area contributed by atoms with Gasteiger partial charge in [0.1, 0.15) is 0 Å². The predicted molar refractivity (Wildman–Crippen MR) is 99.2 cm³/mol. The lowest BCUT2D eigenvalue weighted by molar-refractivity contribution is 0.378. The lowest BCUT2D eigenvalue weighted by Gasteiger charge is -1.68. The van der Waals surface area contributed by atoms with Gasteiger partial charge in [0.25, 0.3) is 0 Å². The molecule has 14 N–H and O–H groups in total. The largest absolute Gasteiger partial charge is 0.394 e. The van der Waals surface area contributed by atoms with Crippen molar-refractivity contribution in [2.75, 3.05) is 0 Å². The maximum Gasteiger partial charge on any atom is 0.394 e. The van der Waals surface area contributed by atoms with Crippen molar-refractivity contribution in [3.63, 3.8) is 0 Å². The van der Waals surface area contributed by atoms with Crippen LogP contribution in [0, 0.1) is 0 Å². The SMILES string of the molecule is O=S(=O)(O)O.O=S(=O)(O)O.O=S(=O)(O)O.O=S(=O)(O)O.O=S(=O)(O)O.O=S(=O)(O)O.O=S(=O)(O)O. The van der Waals surface area contributed by atoms with E-state index in [-0.39, 0.29) is 0 Å². The molecule has 0 aromatic rings. The zero-order valence-electron chi connectivity index (χ0n) is 14.8. The molecule has 35 heavy (non-hydrogen) atoms. The standard InChI is InChI=1S/7H2O4S/c7*1-5(2,3)4/h7*(H2,1,2,3,4). The minimum Gasteiger partial charge on any atom is -0.264 e. The second kappa shape index (κ2) is 20.2. The smallest absolute Gasteiger partial charge is 0.264 e. The fraction of sp³-hybridized carbons (Fsp3) is 0. The van der Waals surface area contributed by atoms with E-state index < -0.39 is 72.8 Å². The molecule has 0 aromatic heterocycles. The maximum absolute atomic E-state index is 8.74. The minimum atomic E-state index is -4.67. The van der Waals surface area contributed by atoms with Gasteiger partial charge in [-0.3, -0.25) is 63.7 Å². The number of hydrogen-bond donors (Lipinski definition) is 14. The van der Waals surface area contributed by atoms with Crippen LogP contribution < -0.4 is 0 Å². The molecular weight excluding hydrogens is 672 g/mol. The van der Waals surface area contributed by atoms with Gasteiger partial charge in [-0.2, -0.15) is 58.9 Å². The second-order valence-electron chi connectivity index (χ2n) is 3.13. The van der Waals surface area contributed by atoms with E-state index in [4.69, 9.17) is 123 Å².